The molecule has 1 aromatic carbocycles. The highest BCUT2D eigenvalue weighted by molar-refractivity contribution is 7.80. The van der Waals surface area contributed by atoms with E-state index in [-0.39, 0.29) is 17.7 Å². The molecule has 0 bridgehead atoms. The maximum Gasteiger partial charge on any atom is 0.336 e. The minimum atomic E-state index is -1.09. The van der Waals surface area contributed by atoms with Gasteiger partial charge in [0.05, 0.1) is 11.1 Å². The smallest absolute Gasteiger partial charge is 0.336 e. The Morgan fingerprint density at radius 2 is 2.29 bits per heavy atom. The molecule has 0 aliphatic carbocycles. The minimum Gasteiger partial charge on any atom is -0.478 e. The molecule has 0 atom stereocenters. The van der Waals surface area contributed by atoms with Crippen LogP contribution in [0, 0.1) is 11.3 Å². The highest BCUT2D eigenvalue weighted by Crippen LogP contribution is 2.19. The third kappa shape index (κ3) is 1.87. The zero-order valence-corrected chi connectivity index (χ0v) is 8.08. The number of carboxylic acids is 1. The van der Waals surface area contributed by atoms with Crippen molar-refractivity contribution in [1.82, 2.24) is 0 Å². The lowest BCUT2D eigenvalue weighted by molar-refractivity contribution is 0.0695. The second-order valence-electron chi connectivity index (χ2n) is 2.65. The van der Waals surface area contributed by atoms with Gasteiger partial charge < -0.3 is 10.8 Å². The second-order valence-corrected chi connectivity index (χ2v) is 3.13. The molecule has 0 aliphatic rings. The highest BCUT2D eigenvalue weighted by Gasteiger charge is 2.12. The summed E-state index contributed by atoms with van der Waals surface area (Å²) in [5.41, 5.74) is 6.14. The predicted molar refractivity (Wildman–Crippen MR) is 53.3 cm³/mol. The first kappa shape index (κ1) is 10.6. The number of aromatic carboxylic acids is 1. The van der Waals surface area contributed by atoms with Crippen molar-refractivity contribution >= 4 is 18.6 Å². The summed E-state index contributed by atoms with van der Waals surface area (Å²) < 4.78 is 0. The lowest BCUT2D eigenvalue weighted by Gasteiger charge is -2.05. The van der Waals surface area contributed by atoms with Gasteiger partial charge >= 0.3 is 5.97 Å². The average molecular weight is 208 g/mol. The van der Waals surface area contributed by atoms with E-state index in [2.05, 4.69) is 12.6 Å². The Balaban J connectivity index is 3.42. The Morgan fingerprint density at radius 3 is 2.71 bits per heavy atom. The van der Waals surface area contributed by atoms with E-state index in [1.165, 1.54) is 12.1 Å². The molecule has 4 nitrogen and oxygen atoms in total. The molecule has 0 spiro atoms. The number of carbonyl (C=O) groups is 1. The lowest BCUT2D eigenvalue weighted by atomic mass is 10.0. The fraction of sp³-hybridized carbons (Fsp3) is 0.111. The van der Waals surface area contributed by atoms with Gasteiger partial charge in [0.1, 0.15) is 6.07 Å². The fourth-order valence-corrected chi connectivity index (χ4v) is 1.36. The highest BCUT2D eigenvalue weighted by atomic mass is 32.1. The van der Waals surface area contributed by atoms with E-state index in [1.807, 2.05) is 6.07 Å². The molecule has 0 aromatic heterocycles. The maximum absolute atomic E-state index is 10.8. The topological polar surface area (TPSA) is 87.1 Å². The molecular formula is C9H8N2O2S. The van der Waals surface area contributed by atoms with Crippen molar-refractivity contribution < 1.29 is 9.90 Å². The summed E-state index contributed by atoms with van der Waals surface area (Å²) in [6, 6.07) is 4.65. The number of carboxylic acid groups (broad SMARTS) is 1. The third-order valence-electron chi connectivity index (χ3n) is 1.79. The van der Waals surface area contributed by atoms with Crippen molar-refractivity contribution in [3.63, 3.8) is 0 Å². The molecule has 0 heterocycles. The summed E-state index contributed by atoms with van der Waals surface area (Å²) in [4.78, 5) is 11.2. The normalized spacial score (nSPS) is 9.50. The number of hydrogen-bond donors (Lipinski definition) is 3. The van der Waals surface area contributed by atoms with Crippen LogP contribution in [0.1, 0.15) is 21.5 Å². The van der Waals surface area contributed by atoms with Gasteiger partial charge in [-0.2, -0.15) is 5.26 Å². The summed E-state index contributed by atoms with van der Waals surface area (Å²) in [5, 5.41) is 17.5. The van der Waals surface area contributed by atoms with Gasteiger partial charge in [0, 0.05) is 11.4 Å². The van der Waals surface area contributed by atoms with Crippen molar-refractivity contribution in [2.75, 3.05) is 0 Å². The van der Waals surface area contributed by atoms with Crippen LogP contribution in [-0.4, -0.2) is 11.1 Å². The molecule has 3 N–H and O–H groups in total. The first-order valence-electron chi connectivity index (χ1n) is 3.79. The largest absolute Gasteiger partial charge is 0.478 e. The lowest BCUT2D eigenvalue weighted by Crippen LogP contribution is -2.07. The van der Waals surface area contributed by atoms with E-state index >= 15 is 0 Å². The van der Waals surface area contributed by atoms with Crippen LogP contribution in [0.3, 0.4) is 0 Å². The first-order chi connectivity index (χ1) is 6.60. The molecule has 0 aliphatic heterocycles. The zero-order chi connectivity index (χ0) is 10.7. The molecular weight excluding hydrogens is 200 g/mol. The van der Waals surface area contributed by atoms with Crippen LogP contribution < -0.4 is 5.73 Å². The van der Waals surface area contributed by atoms with Crippen molar-refractivity contribution in [3.05, 3.63) is 28.8 Å². The Morgan fingerprint density at radius 1 is 1.64 bits per heavy atom. The number of nitriles is 1. The molecule has 1 rings (SSSR count). The van der Waals surface area contributed by atoms with Gasteiger partial charge in [0.2, 0.25) is 0 Å². The molecule has 72 valence electrons. The van der Waals surface area contributed by atoms with Crippen LogP contribution in [0.5, 0.6) is 0 Å². The van der Waals surface area contributed by atoms with E-state index in [4.69, 9.17) is 16.1 Å². The molecule has 1 aromatic rings. The summed E-state index contributed by atoms with van der Waals surface area (Å²) in [5.74, 6) is -1.09. The number of nitrogens with zero attached hydrogens (tertiary/aromatic N) is 1. The zero-order valence-electron chi connectivity index (χ0n) is 7.19. The van der Waals surface area contributed by atoms with Crippen molar-refractivity contribution in [2.24, 2.45) is 5.73 Å². The summed E-state index contributed by atoms with van der Waals surface area (Å²) in [6.07, 6.45) is 0. The van der Waals surface area contributed by atoms with Gasteiger partial charge in [0.25, 0.3) is 0 Å². The molecule has 0 amide bonds. The van der Waals surface area contributed by atoms with Gasteiger partial charge in [-0.1, -0.05) is 0 Å². The van der Waals surface area contributed by atoms with Gasteiger partial charge in [-0.05, 0) is 17.7 Å². The number of rotatable bonds is 2. The van der Waals surface area contributed by atoms with Crippen LogP contribution in [0.25, 0.3) is 0 Å². The quantitative estimate of drug-likeness (QED) is 0.633. The molecule has 0 fully saturated rings. The van der Waals surface area contributed by atoms with Crippen molar-refractivity contribution in [3.8, 4) is 6.07 Å². The second kappa shape index (κ2) is 4.13. The number of benzene rings is 1. The Hall–Kier alpha value is -1.51. The number of nitrogens with two attached hydrogens (primary N) is 1. The maximum atomic E-state index is 10.8. The Bertz CT molecular complexity index is 424. The third-order valence-corrected chi connectivity index (χ3v) is 2.16. The Labute approximate surface area is 86.4 Å². The van der Waals surface area contributed by atoms with Crippen molar-refractivity contribution in [1.29, 1.82) is 5.26 Å². The van der Waals surface area contributed by atoms with E-state index in [9.17, 15) is 4.79 Å². The van der Waals surface area contributed by atoms with E-state index in [1.54, 1.807) is 0 Å². The Kier molecular flexibility index (Phi) is 3.12. The molecule has 14 heavy (non-hydrogen) atoms. The van der Waals surface area contributed by atoms with Crippen LogP contribution in [-0.2, 0) is 6.54 Å². The molecule has 0 saturated carbocycles. The van der Waals surface area contributed by atoms with E-state index in [0.717, 1.165) is 0 Å². The van der Waals surface area contributed by atoms with Crippen LogP contribution >= 0.6 is 12.6 Å². The monoisotopic (exact) mass is 208 g/mol. The minimum absolute atomic E-state index is 0.0573. The number of thiol groups is 1. The standard InChI is InChI=1S/C9H8N2O2S/c10-3-5-2-8(14)6(4-11)1-7(5)9(12)13/h1-2,14H,3,10H2,(H,12,13). The summed E-state index contributed by atoms with van der Waals surface area (Å²) in [6.45, 7) is 0.112. The average Bonchev–Trinajstić information content (AvgIpc) is 2.16. The molecule has 0 unspecified atom stereocenters. The van der Waals surface area contributed by atoms with Crippen LogP contribution in [0.2, 0.25) is 0 Å². The van der Waals surface area contributed by atoms with Gasteiger partial charge in [-0.15, -0.1) is 12.6 Å². The van der Waals surface area contributed by atoms with E-state index in [0.29, 0.717) is 10.5 Å². The summed E-state index contributed by atoms with van der Waals surface area (Å²) >= 11 is 4.05. The van der Waals surface area contributed by atoms with Crippen LogP contribution in [0.15, 0.2) is 17.0 Å². The van der Waals surface area contributed by atoms with Gasteiger partial charge in [-0.3, -0.25) is 0 Å². The van der Waals surface area contributed by atoms with Crippen molar-refractivity contribution in [2.45, 2.75) is 11.4 Å². The predicted octanol–water partition coefficient (Wildman–Crippen LogP) is 1.00. The molecule has 5 heteroatoms. The molecule has 0 radical (unpaired) electrons. The van der Waals surface area contributed by atoms with Gasteiger partial charge in [-0.25, -0.2) is 4.79 Å². The summed E-state index contributed by atoms with van der Waals surface area (Å²) in [7, 11) is 0. The first-order valence-corrected chi connectivity index (χ1v) is 4.24. The number of hydrogen-bond acceptors (Lipinski definition) is 4. The fourth-order valence-electron chi connectivity index (χ4n) is 1.09. The molecule has 0 saturated heterocycles. The van der Waals surface area contributed by atoms with E-state index < -0.39 is 5.97 Å². The van der Waals surface area contributed by atoms with Gasteiger partial charge in [0.15, 0.2) is 0 Å². The van der Waals surface area contributed by atoms with Crippen LogP contribution in [0.4, 0.5) is 0 Å². The SMILES string of the molecule is N#Cc1cc(C(=O)O)c(CN)cc1S.